The summed E-state index contributed by atoms with van der Waals surface area (Å²) in [6.45, 7) is 9.44. The van der Waals surface area contributed by atoms with E-state index in [0.717, 1.165) is 134 Å². The minimum Gasteiger partial charge on any atom is -0.462 e. The van der Waals surface area contributed by atoms with Gasteiger partial charge in [0.25, 0.3) is 0 Å². The lowest BCUT2D eigenvalue weighted by atomic mass is 9.99. The van der Waals surface area contributed by atoms with E-state index >= 15 is 0 Å². The summed E-state index contributed by atoms with van der Waals surface area (Å²) in [7, 11) is -9.94. The molecular formula is C78H144O17P2. The molecule has 0 rings (SSSR count). The fourth-order valence-electron chi connectivity index (χ4n) is 10.9. The zero-order chi connectivity index (χ0) is 71.4. The first-order chi connectivity index (χ1) is 46.9. The number of aliphatic hydroxyl groups is 1. The van der Waals surface area contributed by atoms with E-state index in [0.29, 0.717) is 31.6 Å². The maximum absolute atomic E-state index is 13.1. The number of esters is 4. The van der Waals surface area contributed by atoms with Crippen molar-refractivity contribution in [3.05, 3.63) is 48.6 Å². The molecule has 3 N–H and O–H groups in total. The molecule has 0 aliphatic carbocycles. The molecule has 97 heavy (non-hydrogen) atoms. The molecule has 0 radical (unpaired) electrons. The third-order valence-corrected chi connectivity index (χ3v) is 19.2. The average Bonchev–Trinajstić information content (AvgIpc) is 1.15. The van der Waals surface area contributed by atoms with E-state index in [9.17, 15) is 43.2 Å². The van der Waals surface area contributed by atoms with Gasteiger partial charge in [0.15, 0.2) is 12.2 Å². The topological polar surface area (TPSA) is 237 Å². The zero-order valence-electron chi connectivity index (χ0n) is 62.3. The van der Waals surface area contributed by atoms with Crippen LogP contribution in [0.2, 0.25) is 0 Å². The van der Waals surface area contributed by atoms with Gasteiger partial charge in [0, 0.05) is 25.7 Å². The third kappa shape index (κ3) is 69.9. The van der Waals surface area contributed by atoms with Gasteiger partial charge in [0.1, 0.15) is 19.3 Å². The van der Waals surface area contributed by atoms with E-state index in [1.807, 2.05) is 0 Å². The first kappa shape index (κ1) is 94.0. The highest BCUT2D eigenvalue weighted by molar-refractivity contribution is 7.47. The van der Waals surface area contributed by atoms with Gasteiger partial charge in [0.05, 0.1) is 26.4 Å². The van der Waals surface area contributed by atoms with Crippen LogP contribution in [0.15, 0.2) is 48.6 Å². The third-order valence-electron chi connectivity index (χ3n) is 17.3. The van der Waals surface area contributed by atoms with E-state index in [1.54, 1.807) is 0 Å². The fraction of sp³-hybridized carbons (Fsp3) is 0.846. The second kappa shape index (κ2) is 68.8. The summed E-state index contributed by atoms with van der Waals surface area (Å²) in [4.78, 5) is 72.8. The molecular weight excluding hydrogens is 1270 g/mol. The Kier molecular flexibility index (Phi) is 66.7. The molecule has 568 valence electrons. The molecule has 17 nitrogen and oxygen atoms in total. The van der Waals surface area contributed by atoms with Crippen LogP contribution >= 0.6 is 15.6 Å². The summed E-state index contributed by atoms with van der Waals surface area (Å²) >= 11 is 0. The van der Waals surface area contributed by atoms with Crippen LogP contribution in [0.25, 0.3) is 0 Å². The summed E-state index contributed by atoms with van der Waals surface area (Å²) in [6.07, 6.45) is 62.7. The Morgan fingerprint density at radius 2 is 0.608 bits per heavy atom. The Labute approximate surface area is 591 Å². The molecule has 19 heteroatoms. The van der Waals surface area contributed by atoms with Gasteiger partial charge < -0.3 is 33.8 Å². The van der Waals surface area contributed by atoms with Crippen molar-refractivity contribution in [2.24, 2.45) is 11.8 Å². The number of ether oxygens (including phenoxy) is 4. The largest absolute Gasteiger partial charge is 0.472 e. The monoisotopic (exact) mass is 1410 g/mol. The van der Waals surface area contributed by atoms with Crippen LogP contribution in [0.5, 0.6) is 0 Å². The van der Waals surface area contributed by atoms with Crippen LogP contribution in [-0.2, 0) is 65.4 Å². The van der Waals surface area contributed by atoms with Crippen molar-refractivity contribution in [2.45, 2.75) is 374 Å². The predicted molar refractivity (Wildman–Crippen MR) is 395 cm³/mol. The van der Waals surface area contributed by atoms with Crippen molar-refractivity contribution in [1.82, 2.24) is 0 Å². The quantitative estimate of drug-likeness (QED) is 0.0169. The van der Waals surface area contributed by atoms with Gasteiger partial charge in [-0.05, 0) is 88.9 Å². The molecule has 0 aromatic carbocycles. The first-order valence-electron chi connectivity index (χ1n) is 39.2. The molecule has 0 heterocycles. The molecule has 0 aromatic rings. The smallest absolute Gasteiger partial charge is 0.462 e. The standard InChI is InChI=1S/C78H144O17P2/c1-7-10-12-14-16-18-20-22-24-29-33-37-41-48-54-60-75(80)88-66-73(94-77(82)62-56-50-42-38-34-30-25-23-21-19-17-15-13-11-8-2)68-92-96(84,85)90-64-72(79)65-91-97(86,87)93-69-74(67-89-76(81)61-55-49-45-44-46-52-58-70(4)5)95-78(83)63-57-51-43-39-35-31-27-26-28-32-36-40-47-53-59-71(6)9-3/h18-25,70-74,79H,7-17,26-69H2,1-6H3,(H,84,85)(H,86,87)/b20-18-,21-19-,24-22-,25-23-/t71?,72-,73-,74-/m1/s1. The molecule has 0 saturated heterocycles. The second-order valence-corrected chi connectivity index (χ2v) is 30.4. The lowest BCUT2D eigenvalue weighted by molar-refractivity contribution is -0.161. The maximum Gasteiger partial charge on any atom is 0.472 e. The summed E-state index contributed by atoms with van der Waals surface area (Å²) in [5.41, 5.74) is 0. The van der Waals surface area contributed by atoms with Crippen LogP contribution < -0.4 is 0 Å². The van der Waals surface area contributed by atoms with E-state index in [1.165, 1.54) is 135 Å². The van der Waals surface area contributed by atoms with Gasteiger partial charge >= 0.3 is 39.5 Å². The number of carbonyl (C=O) groups excluding carboxylic acids is 4. The molecule has 6 atom stereocenters. The number of unbranched alkanes of at least 4 members (excludes halogenated alkanes) is 36. The second-order valence-electron chi connectivity index (χ2n) is 27.4. The normalized spacial score (nSPS) is 14.6. The number of phosphoric ester groups is 2. The molecule has 0 aliphatic heterocycles. The lowest BCUT2D eigenvalue weighted by Gasteiger charge is -2.21. The number of hydrogen-bond acceptors (Lipinski definition) is 15. The Balaban J connectivity index is 5.29. The Morgan fingerprint density at radius 3 is 0.918 bits per heavy atom. The van der Waals surface area contributed by atoms with Gasteiger partial charge in [-0.2, -0.15) is 0 Å². The lowest BCUT2D eigenvalue weighted by Crippen LogP contribution is -2.30. The molecule has 0 bridgehead atoms. The molecule has 3 unspecified atom stereocenters. The van der Waals surface area contributed by atoms with Crippen molar-refractivity contribution in [3.63, 3.8) is 0 Å². The number of aliphatic hydroxyl groups excluding tert-OH is 1. The van der Waals surface area contributed by atoms with Crippen molar-refractivity contribution in [3.8, 4) is 0 Å². The number of phosphoric acid groups is 2. The average molecular weight is 1420 g/mol. The van der Waals surface area contributed by atoms with Crippen LogP contribution in [0, 0.1) is 11.8 Å². The molecule has 0 amide bonds. The van der Waals surface area contributed by atoms with Crippen LogP contribution in [0.4, 0.5) is 0 Å². The van der Waals surface area contributed by atoms with Gasteiger partial charge in [0.2, 0.25) is 0 Å². The summed E-state index contributed by atoms with van der Waals surface area (Å²) < 4.78 is 68.5. The predicted octanol–water partition coefficient (Wildman–Crippen LogP) is 22.2. The van der Waals surface area contributed by atoms with Gasteiger partial charge in [-0.25, -0.2) is 9.13 Å². The zero-order valence-corrected chi connectivity index (χ0v) is 64.1. The van der Waals surface area contributed by atoms with E-state index < -0.39 is 97.5 Å². The summed E-state index contributed by atoms with van der Waals surface area (Å²) in [6, 6.07) is 0. The Bertz CT molecular complexity index is 2060. The number of hydrogen-bond donors (Lipinski definition) is 3. The highest BCUT2D eigenvalue weighted by Gasteiger charge is 2.30. The van der Waals surface area contributed by atoms with Gasteiger partial charge in [-0.15, -0.1) is 0 Å². The van der Waals surface area contributed by atoms with Gasteiger partial charge in [-0.3, -0.25) is 37.3 Å². The minimum atomic E-state index is -4.97. The van der Waals surface area contributed by atoms with Gasteiger partial charge in [-0.1, -0.05) is 302 Å². The maximum atomic E-state index is 13.1. The molecule has 0 aliphatic rings. The summed E-state index contributed by atoms with van der Waals surface area (Å²) in [5.74, 6) is -0.658. The van der Waals surface area contributed by atoms with E-state index in [2.05, 4.69) is 90.2 Å². The van der Waals surface area contributed by atoms with Crippen LogP contribution in [-0.4, -0.2) is 96.7 Å². The highest BCUT2D eigenvalue weighted by atomic mass is 31.2. The molecule has 0 spiro atoms. The Hall–Kier alpha value is -2.98. The first-order valence-corrected chi connectivity index (χ1v) is 42.2. The van der Waals surface area contributed by atoms with Crippen molar-refractivity contribution >= 4 is 39.5 Å². The number of carbonyl (C=O) groups is 4. The van der Waals surface area contributed by atoms with Crippen molar-refractivity contribution in [1.29, 1.82) is 0 Å². The van der Waals surface area contributed by atoms with Crippen molar-refractivity contribution in [2.75, 3.05) is 39.6 Å². The van der Waals surface area contributed by atoms with Crippen LogP contribution in [0.1, 0.15) is 356 Å². The Morgan fingerprint density at radius 1 is 0.340 bits per heavy atom. The van der Waals surface area contributed by atoms with E-state index in [4.69, 9.17) is 37.0 Å². The summed E-state index contributed by atoms with van der Waals surface area (Å²) in [5, 5.41) is 10.6. The fourth-order valence-corrected chi connectivity index (χ4v) is 12.5. The molecule has 0 fully saturated rings. The number of allylic oxidation sites excluding steroid dienone is 8. The number of rotatable bonds is 73. The van der Waals surface area contributed by atoms with Crippen LogP contribution in [0.3, 0.4) is 0 Å². The van der Waals surface area contributed by atoms with E-state index in [-0.39, 0.29) is 25.7 Å². The molecule has 0 saturated carbocycles. The SMILES string of the molecule is CCCCCC/C=C\C=C/CCCCCCCC(=O)OC[C@H](COP(=O)(O)OC[C@@H](O)COP(=O)(O)OC[C@@H](COC(=O)CCCCCCCCC(C)C)OC(=O)CCCCCCCCCCCCCCCCC(C)CC)OC(=O)CCCCCCC/C=C\C=C/CCCCCC. The van der Waals surface area contributed by atoms with Crippen molar-refractivity contribution < 1.29 is 80.2 Å². The molecule has 0 aromatic heterocycles. The minimum absolute atomic E-state index is 0.0780. The highest BCUT2D eigenvalue weighted by Crippen LogP contribution is 2.45.